The van der Waals surface area contributed by atoms with Gasteiger partial charge in [-0.05, 0) is 22.9 Å². The predicted octanol–water partition coefficient (Wildman–Crippen LogP) is 4.41. The third kappa shape index (κ3) is 2.63. The molecule has 0 amide bonds. The fourth-order valence-corrected chi connectivity index (χ4v) is 3.52. The molecular formula is C19H15N3S. The number of benzene rings is 2. The molecule has 112 valence electrons. The van der Waals surface area contributed by atoms with Gasteiger partial charge in [-0.15, -0.1) is 11.3 Å². The first-order chi connectivity index (χ1) is 11.3. The Kier molecular flexibility index (Phi) is 3.61. The molecule has 3 nitrogen and oxygen atoms in total. The predicted molar refractivity (Wildman–Crippen MR) is 95.3 cm³/mol. The van der Waals surface area contributed by atoms with E-state index in [4.69, 9.17) is 10.7 Å². The lowest BCUT2D eigenvalue weighted by Crippen LogP contribution is -2.12. The Balaban J connectivity index is 1.75. The number of thiazole rings is 1. The Bertz CT molecular complexity index is 942. The average Bonchev–Trinajstić information content (AvgIpc) is 3.11. The van der Waals surface area contributed by atoms with Gasteiger partial charge in [0.05, 0.1) is 17.4 Å². The van der Waals surface area contributed by atoms with Crippen molar-refractivity contribution in [1.82, 2.24) is 9.97 Å². The highest BCUT2D eigenvalue weighted by Crippen LogP contribution is 2.31. The second-order valence-corrected chi connectivity index (χ2v) is 6.22. The Morgan fingerprint density at radius 3 is 2.61 bits per heavy atom. The molecule has 0 saturated heterocycles. The zero-order valence-corrected chi connectivity index (χ0v) is 13.2. The minimum Gasteiger partial charge on any atom is -0.317 e. The molecule has 0 aliphatic heterocycles. The van der Waals surface area contributed by atoms with Crippen LogP contribution in [0.3, 0.4) is 0 Å². The highest BCUT2D eigenvalue weighted by atomic mass is 32.1. The van der Waals surface area contributed by atoms with Gasteiger partial charge in [0, 0.05) is 17.1 Å². The number of pyridine rings is 1. The third-order valence-corrected chi connectivity index (χ3v) is 4.79. The maximum absolute atomic E-state index is 6.31. The Morgan fingerprint density at radius 1 is 0.913 bits per heavy atom. The second-order valence-electron chi connectivity index (χ2n) is 5.33. The van der Waals surface area contributed by atoms with Crippen molar-refractivity contribution in [3.05, 3.63) is 82.9 Å². The number of nitrogens with two attached hydrogens (primary N) is 1. The lowest BCUT2D eigenvalue weighted by molar-refractivity contribution is 0.819. The second kappa shape index (κ2) is 5.91. The van der Waals surface area contributed by atoms with Crippen LogP contribution in [0, 0.1) is 0 Å². The molecule has 2 aromatic carbocycles. The van der Waals surface area contributed by atoms with E-state index >= 15 is 0 Å². The summed E-state index contributed by atoms with van der Waals surface area (Å²) < 4.78 is 0. The lowest BCUT2D eigenvalue weighted by atomic mass is 10.0. The number of hydrogen-bond donors (Lipinski definition) is 1. The molecule has 2 aromatic heterocycles. The standard InChI is InChI=1S/C19H15N3S/c20-18(16-10-3-4-11-21-16)19-22-17(12-23-19)15-9-5-7-13-6-1-2-8-14(13)15/h1-12,18H,20H2. The minimum absolute atomic E-state index is 0.287. The molecule has 2 N–H and O–H groups in total. The van der Waals surface area contributed by atoms with Crippen molar-refractivity contribution in [3.63, 3.8) is 0 Å². The smallest absolute Gasteiger partial charge is 0.116 e. The zero-order chi connectivity index (χ0) is 15.6. The van der Waals surface area contributed by atoms with E-state index in [-0.39, 0.29) is 6.04 Å². The SMILES string of the molecule is NC(c1ccccn1)c1nc(-c2cccc3ccccc23)cs1. The average molecular weight is 317 g/mol. The Hall–Kier alpha value is -2.56. The van der Waals surface area contributed by atoms with Gasteiger partial charge >= 0.3 is 0 Å². The summed E-state index contributed by atoms with van der Waals surface area (Å²) in [4.78, 5) is 9.09. The normalized spacial score (nSPS) is 12.4. The molecule has 0 aliphatic carbocycles. The van der Waals surface area contributed by atoms with Gasteiger partial charge in [-0.2, -0.15) is 0 Å². The van der Waals surface area contributed by atoms with E-state index in [1.807, 2.05) is 18.2 Å². The molecule has 0 aliphatic rings. The molecule has 0 radical (unpaired) electrons. The van der Waals surface area contributed by atoms with Crippen molar-refractivity contribution in [1.29, 1.82) is 0 Å². The van der Waals surface area contributed by atoms with Crippen LogP contribution in [0.1, 0.15) is 16.7 Å². The third-order valence-electron chi connectivity index (χ3n) is 3.86. The Labute approximate surface area is 138 Å². The van der Waals surface area contributed by atoms with Gasteiger partial charge in [-0.3, -0.25) is 4.98 Å². The number of fused-ring (bicyclic) bond motifs is 1. The molecule has 4 aromatic rings. The van der Waals surface area contributed by atoms with E-state index in [9.17, 15) is 0 Å². The first kappa shape index (κ1) is 14.1. The van der Waals surface area contributed by atoms with Crippen LogP contribution < -0.4 is 5.73 Å². The van der Waals surface area contributed by atoms with Gasteiger partial charge < -0.3 is 5.73 Å². The topological polar surface area (TPSA) is 51.8 Å². The number of rotatable bonds is 3. The van der Waals surface area contributed by atoms with Crippen LogP contribution in [0.2, 0.25) is 0 Å². The van der Waals surface area contributed by atoms with E-state index in [2.05, 4.69) is 52.8 Å². The molecule has 1 atom stereocenters. The van der Waals surface area contributed by atoms with Gasteiger partial charge in [0.25, 0.3) is 0 Å². The minimum atomic E-state index is -0.287. The number of hydrogen-bond acceptors (Lipinski definition) is 4. The summed E-state index contributed by atoms with van der Waals surface area (Å²) >= 11 is 1.58. The molecule has 4 heteroatoms. The maximum Gasteiger partial charge on any atom is 0.116 e. The summed E-state index contributed by atoms with van der Waals surface area (Å²) in [5, 5.41) is 5.37. The number of nitrogens with zero attached hydrogens (tertiary/aromatic N) is 2. The largest absolute Gasteiger partial charge is 0.317 e. The summed E-state index contributed by atoms with van der Waals surface area (Å²) in [7, 11) is 0. The summed E-state index contributed by atoms with van der Waals surface area (Å²) in [6.45, 7) is 0. The molecule has 4 rings (SSSR count). The number of aromatic nitrogens is 2. The van der Waals surface area contributed by atoms with E-state index in [1.54, 1.807) is 17.5 Å². The van der Waals surface area contributed by atoms with Crippen molar-refractivity contribution in [2.45, 2.75) is 6.04 Å². The van der Waals surface area contributed by atoms with Crippen LogP contribution in [-0.4, -0.2) is 9.97 Å². The van der Waals surface area contributed by atoms with E-state index in [0.29, 0.717) is 0 Å². The van der Waals surface area contributed by atoms with Crippen LogP contribution in [0.15, 0.2) is 72.2 Å². The van der Waals surface area contributed by atoms with Crippen molar-refractivity contribution in [3.8, 4) is 11.3 Å². The highest BCUT2D eigenvalue weighted by Gasteiger charge is 2.15. The highest BCUT2D eigenvalue weighted by molar-refractivity contribution is 7.10. The molecule has 1 unspecified atom stereocenters. The van der Waals surface area contributed by atoms with E-state index in [1.165, 1.54) is 10.8 Å². The summed E-state index contributed by atoms with van der Waals surface area (Å²) in [6.07, 6.45) is 1.76. The molecule has 0 fully saturated rings. The van der Waals surface area contributed by atoms with Crippen LogP contribution in [0.25, 0.3) is 22.0 Å². The molecule has 0 bridgehead atoms. The molecular weight excluding hydrogens is 302 g/mol. The molecule has 0 spiro atoms. The quantitative estimate of drug-likeness (QED) is 0.609. The summed E-state index contributed by atoms with van der Waals surface area (Å²) in [5.41, 5.74) is 9.25. The lowest BCUT2D eigenvalue weighted by Gasteiger charge is -2.07. The van der Waals surface area contributed by atoms with Gasteiger partial charge in [0.15, 0.2) is 0 Å². The fourth-order valence-electron chi connectivity index (χ4n) is 2.69. The van der Waals surface area contributed by atoms with E-state index < -0.39 is 0 Å². The van der Waals surface area contributed by atoms with Crippen molar-refractivity contribution in [2.75, 3.05) is 0 Å². The zero-order valence-electron chi connectivity index (χ0n) is 12.4. The van der Waals surface area contributed by atoms with Crippen LogP contribution in [-0.2, 0) is 0 Å². The van der Waals surface area contributed by atoms with Crippen LogP contribution in [0.5, 0.6) is 0 Å². The van der Waals surface area contributed by atoms with Crippen molar-refractivity contribution >= 4 is 22.1 Å². The molecule has 23 heavy (non-hydrogen) atoms. The molecule has 2 heterocycles. The van der Waals surface area contributed by atoms with Crippen LogP contribution >= 0.6 is 11.3 Å². The summed E-state index contributed by atoms with van der Waals surface area (Å²) in [6, 6.07) is 20.1. The fraction of sp³-hybridized carbons (Fsp3) is 0.0526. The first-order valence-electron chi connectivity index (χ1n) is 7.43. The van der Waals surface area contributed by atoms with Crippen molar-refractivity contribution < 1.29 is 0 Å². The van der Waals surface area contributed by atoms with Gasteiger partial charge in [0.1, 0.15) is 5.01 Å². The first-order valence-corrected chi connectivity index (χ1v) is 8.31. The Morgan fingerprint density at radius 2 is 1.74 bits per heavy atom. The van der Waals surface area contributed by atoms with E-state index in [0.717, 1.165) is 22.0 Å². The van der Waals surface area contributed by atoms with Crippen molar-refractivity contribution in [2.24, 2.45) is 5.73 Å². The van der Waals surface area contributed by atoms with Gasteiger partial charge in [-0.25, -0.2) is 4.98 Å². The summed E-state index contributed by atoms with van der Waals surface area (Å²) in [5.74, 6) is 0. The van der Waals surface area contributed by atoms with Gasteiger partial charge in [-0.1, -0.05) is 48.5 Å². The molecule has 0 saturated carbocycles. The van der Waals surface area contributed by atoms with Gasteiger partial charge in [0.2, 0.25) is 0 Å². The monoisotopic (exact) mass is 317 g/mol. The van der Waals surface area contributed by atoms with Crippen LogP contribution in [0.4, 0.5) is 0 Å². The maximum atomic E-state index is 6.31.